The second-order valence-electron chi connectivity index (χ2n) is 12.1. The van der Waals surface area contributed by atoms with E-state index in [4.69, 9.17) is 14.6 Å². The first-order chi connectivity index (χ1) is 25.2. The van der Waals surface area contributed by atoms with Gasteiger partial charge in [0.25, 0.3) is 0 Å². The summed E-state index contributed by atoms with van der Waals surface area (Å²) in [5.74, 6) is 2.58. The maximum absolute atomic E-state index is 6.42. The minimum atomic E-state index is 0. The van der Waals surface area contributed by atoms with Gasteiger partial charge in [-0.2, -0.15) is 17.2 Å². The van der Waals surface area contributed by atoms with Gasteiger partial charge >= 0.3 is 21.1 Å². The molecule has 0 atom stereocenters. The number of fused-ring (bicyclic) bond motifs is 3. The van der Waals surface area contributed by atoms with Crippen molar-refractivity contribution < 1.29 is 30.5 Å². The van der Waals surface area contributed by atoms with E-state index in [1.54, 1.807) is 13.3 Å². The average Bonchev–Trinajstić information content (AvgIpc) is 3.82. The van der Waals surface area contributed by atoms with Gasteiger partial charge in [-0.15, -0.1) is 35.7 Å². The van der Waals surface area contributed by atoms with Crippen LogP contribution in [0.5, 0.6) is 17.2 Å². The molecule has 0 bridgehead atoms. The molecule has 0 radical (unpaired) electrons. The van der Waals surface area contributed by atoms with Crippen molar-refractivity contribution in [3.63, 3.8) is 0 Å². The molecule has 0 saturated heterocycles. The molecule has 0 aliphatic rings. The van der Waals surface area contributed by atoms with E-state index >= 15 is 0 Å². The van der Waals surface area contributed by atoms with Crippen LogP contribution in [0.3, 0.4) is 0 Å². The summed E-state index contributed by atoms with van der Waals surface area (Å²) in [6, 6.07) is 56.2. The summed E-state index contributed by atoms with van der Waals surface area (Å²) >= 11 is 0. The van der Waals surface area contributed by atoms with Crippen molar-refractivity contribution in [3.05, 3.63) is 176 Å². The molecule has 0 aliphatic heterocycles. The van der Waals surface area contributed by atoms with E-state index in [2.05, 4.69) is 113 Å². The molecule has 0 N–H and O–H groups in total. The van der Waals surface area contributed by atoms with E-state index in [1.807, 2.05) is 71.5 Å². The standard InChI is InChI=1S/C45H30N4O2.Pt/c1-50-35-24-25-46-44(28-35)49-42-21-9-8-18-40(42)41-23-22-37(27-43(41)49)51-36-17-10-16-34(26-36)48-30-33(29-47-48)45-38(31-12-4-2-5-13-31)19-11-20-39(45)32-14-6-3-7-15-32;/h2-25,28-30H,1H3;/q-2;+2. The number of aromatic nitrogens is 4. The van der Waals surface area contributed by atoms with Crippen LogP contribution in [0, 0.1) is 12.1 Å². The van der Waals surface area contributed by atoms with Crippen molar-refractivity contribution >= 4 is 21.8 Å². The zero-order valence-electron chi connectivity index (χ0n) is 28.0. The molecule has 52 heavy (non-hydrogen) atoms. The maximum Gasteiger partial charge on any atom is 2.00 e. The summed E-state index contributed by atoms with van der Waals surface area (Å²) in [7, 11) is 1.66. The van der Waals surface area contributed by atoms with Gasteiger partial charge in [0.15, 0.2) is 0 Å². The molecular formula is C45H30N4O2Pt. The van der Waals surface area contributed by atoms with E-state index in [1.165, 1.54) is 0 Å². The Bertz CT molecular complexity index is 2610. The maximum atomic E-state index is 6.42. The minimum absolute atomic E-state index is 0. The molecule has 0 aliphatic carbocycles. The summed E-state index contributed by atoms with van der Waals surface area (Å²) < 4.78 is 15.9. The molecule has 6 aromatic carbocycles. The number of benzene rings is 6. The fraction of sp³-hybridized carbons (Fsp3) is 0.0222. The predicted molar refractivity (Wildman–Crippen MR) is 203 cm³/mol. The third-order valence-electron chi connectivity index (χ3n) is 9.06. The van der Waals surface area contributed by atoms with Crippen LogP contribution in [0.15, 0.2) is 164 Å². The molecule has 9 rings (SSSR count). The van der Waals surface area contributed by atoms with Crippen LogP contribution in [-0.2, 0) is 21.1 Å². The minimum Gasteiger partial charge on any atom is -0.509 e. The summed E-state index contributed by atoms with van der Waals surface area (Å²) in [5, 5.41) is 6.96. The number of para-hydroxylation sites is 1. The van der Waals surface area contributed by atoms with Crippen molar-refractivity contribution in [1.29, 1.82) is 0 Å². The first-order valence-corrected chi connectivity index (χ1v) is 16.7. The van der Waals surface area contributed by atoms with Gasteiger partial charge in [0, 0.05) is 46.6 Å². The molecule has 3 aromatic heterocycles. The molecule has 6 nitrogen and oxygen atoms in total. The molecular weight excluding hydrogens is 824 g/mol. The van der Waals surface area contributed by atoms with Gasteiger partial charge in [0.1, 0.15) is 11.6 Å². The van der Waals surface area contributed by atoms with Gasteiger partial charge in [-0.1, -0.05) is 103 Å². The van der Waals surface area contributed by atoms with Gasteiger partial charge < -0.3 is 14.0 Å². The molecule has 0 fully saturated rings. The quantitative estimate of drug-likeness (QED) is 0.143. The third-order valence-corrected chi connectivity index (χ3v) is 9.06. The number of nitrogens with zero attached hydrogens (tertiary/aromatic N) is 4. The molecule has 9 aromatic rings. The van der Waals surface area contributed by atoms with Crippen molar-refractivity contribution in [2.24, 2.45) is 0 Å². The topological polar surface area (TPSA) is 54.1 Å². The van der Waals surface area contributed by atoms with Gasteiger partial charge in [0.05, 0.1) is 13.3 Å². The Labute approximate surface area is 315 Å². The van der Waals surface area contributed by atoms with E-state index in [0.717, 1.165) is 72.4 Å². The SMILES string of the molecule is COc1ccnc(-n2c3[c-]c(Oc4[c-]c(-n5cc(-c6c(-c7ccccc7)cccc6-c6ccccc6)cn5)ccc4)ccc3c3ccccc32)c1.[Pt+2]. The number of ether oxygens (including phenoxy) is 2. The average molecular weight is 854 g/mol. The molecule has 0 spiro atoms. The van der Waals surface area contributed by atoms with E-state index in [-0.39, 0.29) is 21.1 Å². The zero-order chi connectivity index (χ0) is 34.1. The van der Waals surface area contributed by atoms with Crippen molar-refractivity contribution in [2.45, 2.75) is 0 Å². The van der Waals surface area contributed by atoms with Crippen LogP contribution in [0.1, 0.15) is 0 Å². The van der Waals surface area contributed by atoms with Crippen molar-refractivity contribution in [3.8, 4) is 62.1 Å². The van der Waals surface area contributed by atoms with Gasteiger partial charge in [0.2, 0.25) is 0 Å². The number of pyridine rings is 1. The largest absolute Gasteiger partial charge is 2.00 e. The second kappa shape index (κ2) is 14.2. The molecule has 0 saturated carbocycles. The number of hydrogen-bond acceptors (Lipinski definition) is 4. The molecule has 3 heterocycles. The Kier molecular flexibility index (Phi) is 8.98. The van der Waals surface area contributed by atoms with Crippen LogP contribution < -0.4 is 9.47 Å². The molecule has 0 unspecified atom stereocenters. The van der Waals surface area contributed by atoms with E-state index in [0.29, 0.717) is 11.5 Å². The zero-order valence-corrected chi connectivity index (χ0v) is 30.3. The number of hydrogen-bond donors (Lipinski definition) is 0. The second-order valence-corrected chi connectivity index (χ2v) is 12.1. The number of methoxy groups -OCH3 is 1. The Morgan fingerprint density at radius 1 is 0.615 bits per heavy atom. The molecule has 252 valence electrons. The molecule has 0 amide bonds. The third kappa shape index (κ3) is 6.08. The summed E-state index contributed by atoms with van der Waals surface area (Å²) in [6.45, 7) is 0. The van der Waals surface area contributed by atoms with Crippen molar-refractivity contribution in [2.75, 3.05) is 7.11 Å². The van der Waals surface area contributed by atoms with Crippen LogP contribution in [0.25, 0.3) is 66.7 Å². The van der Waals surface area contributed by atoms with Crippen LogP contribution in [-0.4, -0.2) is 26.4 Å². The first-order valence-electron chi connectivity index (χ1n) is 16.7. The van der Waals surface area contributed by atoms with Gasteiger partial charge in [-0.25, -0.2) is 4.98 Å². The monoisotopic (exact) mass is 853 g/mol. The van der Waals surface area contributed by atoms with Crippen LogP contribution >= 0.6 is 0 Å². The number of rotatable bonds is 8. The fourth-order valence-corrected chi connectivity index (χ4v) is 6.73. The van der Waals surface area contributed by atoms with E-state index in [9.17, 15) is 0 Å². The van der Waals surface area contributed by atoms with E-state index < -0.39 is 0 Å². The Morgan fingerprint density at radius 2 is 1.31 bits per heavy atom. The summed E-state index contributed by atoms with van der Waals surface area (Å²) in [4.78, 5) is 4.66. The smallest absolute Gasteiger partial charge is 0.509 e. The molecule has 7 heteroatoms. The Morgan fingerprint density at radius 3 is 2.06 bits per heavy atom. The Hall–Kier alpha value is -6.23. The summed E-state index contributed by atoms with van der Waals surface area (Å²) in [6.07, 6.45) is 5.73. The van der Waals surface area contributed by atoms with Gasteiger partial charge in [-0.3, -0.25) is 4.68 Å². The summed E-state index contributed by atoms with van der Waals surface area (Å²) in [5.41, 5.74) is 9.35. The normalized spacial score (nSPS) is 11.0. The predicted octanol–water partition coefficient (Wildman–Crippen LogP) is 10.8. The fourth-order valence-electron chi connectivity index (χ4n) is 6.73. The van der Waals surface area contributed by atoms with Crippen molar-refractivity contribution in [1.82, 2.24) is 19.3 Å². The Balaban J connectivity index is 0.00000387. The van der Waals surface area contributed by atoms with Gasteiger partial charge in [-0.05, 0) is 45.5 Å². The first kappa shape index (κ1) is 32.9. The van der Waals surface area contributed by atoms with Crippen LogP contribution in [0.4, 0.5) is 0 Å². The van der Waals surface area contributed by atoms with Crippen LogP contribution in [0.2, 0.25) is 0 Å².